The van der Waals surface area contributed by atoms with Crippen molar-refractivity contribution in [2.75, 3.05) is 6.73 Å². The lowest BCUT2D eigenvalue weighted by Gasteiger charge is -2.11. The van der Waals surface area contributed by atoms with Gasteiger partial charge in [-0.1, -0.05) is 0 Å². The van der Waals surface area contributed by atoms with Gasteiger partial charge in [0.15, 0.2) is 0 Å². The van der Waals surface area contributed by atoms with Crippen LogP contribution in [0.15, 0.2) is 0 Å². The zero-order chi connectivity index (χ0) is 11.0. The van der Waals surface area contributed by atoms with E-state index in [9.17, 15) is 14.4 Å². The van der Waals surface area contributed by atoms with Crippen molar-refractivity contribution < 1.29 is 24.2 Å². The Morgan fingerprint density at radius 2 is 2.21 bits per heavy atom. The van der Waals surface area contributed by atoms with E-state index in [1.165, 1.54) is 0 Å². The maximum atomic E-state index is 10.5. The lowest BCUT2D eigenvalue weighted by Crippen LogP contribution is -2.38. The number of aliphatic carboxylic acids is 1. The number of nitrogens with one attached hydrogen (secondary N) is 1. The predicted octanol–water partition coefficient (Wildman–Crippen LogP) is -1.57. The number of carboxylic acids is 1. The van der Waals surface area contributed by atoms with E-state index in [1.807, 2.05) is 0 Å². The second-order valence-electron chi connectivity index (χ2n) is 2.51. The molecule has 7 nitrogen and oxygen atoms in total. The summed E-state index contributed by atoms with van der Waals surface area (Å²) >= 11 is 0. The van der Waals surface area contributed by atoms with Gasteiger partial charge in [-0.15, -0.1) is 0 Å². The highest BCUT2D eigenvalue weighted by Crippen LogP contribution is 1.96. The molecule has 0 aromatic rings. The molecular formula is C7H12N2O5. The Bertz CT molecular complexity index is 218. The fraction of sp³-hybridized carbons (Fsp3) is 0.571. The van der Waals surface area contributed by atoms with Crippen LogP contribution in [0.1, 0.15) is 12.8 Å². The van der Waals surface area contributed by atoms with E-state index < -0.39 is 17.9 Å². The van der Waals surface area contributed by atoms with Crippen molar-refractivity contribution >= 4 is 18.3 Å². The van der Waals surface area contributed by atoms with Crippen LogP contribution in [0.4, 0.5) is 0 Å². The number of nitrogens with two attached hydrogens (primary N) is 1. The second-order valence-corrected chi connectivity index (χ2v) is 2.51. The quantitative estimate of drug-likeness (QED) is 0.249. The van der Waals surface area contributed by atoms with Gasteiger partial charge in [-0.05, 0) is 6.42 Å². The van der Waals surface area contributed by atoms with E-state index >= 15 is 0 Å². The molecule has 0 saturated heterocycles. The first kappa shape index (κ1) is 12.4. The van der Waals surface area contributed by atoms with Crippen LogP contribution in [-0.2, 0) is 19.1 Å². The number of ether oxygens (including phenoxy) is 1. The zero-order valence-corrected chi connectivity index (χ0v) is 7.43. The van der Waals surface area contributed by atoms with Crippen LogP contribution in [-0.4, -0.2) is 36.2 Å². The van der Waals surface area contributed by atoms with Crippen LogP contribution in [0.5, 0.6) is 0 Å². The van der Waals surface area contributed by atoms with Gasteiger partial charge >= 0.3 is 5.97 Å². The van der Waals surface area contributed by atoms with E-state index in [-0.39, 0.29) is 26.0 Å². The first-order valence-electron chi connectivity index (χ1n) is 3.87. The minimum absolute atomic E-state index is 0.0367. The second kappa shape index (κ2) is 6.84. The smallest absolute Gasteiger partial charge is 0.320 e. The fourth-order valence-electron chi connectivity index (χ4n) is 0.782. The van der Waals surface area contributed by atoms with E-state index in [4.69, 9.17) is 10.8 Å². The van der Waals surface area contributed by atoms with Gasteiger partial charge in [0.2, 0.25) is 5.91 Å². The van der Waals surface area contributed by atoms with Crippen LogP contribution in [0.3, 0.4) is 0 Å². The first-order valence-corrected chi connectivity index (χ1v) is 3.87. The minimum atomic E-state index is -1.12. The molecule has 0 aromatic heterocycles. The molecular weight excluding hydrogens is 192 g/mol. The molecule has 1 atom stereocenters. The van der Waals surface area contributed by atoms with Crippen LogP contribution in [0.25, 0.3) is 0 Å². The molecule has 80 valence electrons. The maximum absolute atomic E-state index is 10.5. The third-order valence-electron chi connectivity index (χ3n) is 1.46. The Morgan fingerprint density at radius 3 is 2.64 bits per heavy atom. The number of rotatable bonds is 8. The number of amides is 1. The van der Waals surface area contributed by atoms with Crippen molar-refractivity contribution in [3.63, 3.8) is 0 Å². The van der Waals surface area contributed by atoms with E-state index in [2.05, 4.69) is 10.1 Å². The highest BCUT2D eigenvalue weighted by molar-refractivity contribution is 5.77. The fourth-order valence-corrected chi connectivity index (χ4v) is 0.782. The van der Waals surface area contributed by atoms with Gasteiger partial charge < -0.3 is 15.6 Å². The largest absolute Gasteiger partial charge is 0.480 e. The van der Waals surface area contributed by atoms with Gasteiger partial charge in [0.05, 0.1) is 0 Å². The van der Waals surface area contributed by atoms with Crippen molar-refractivity contribution in [1.82, 2.24) is 5.32 Å². The van der Waals surface area contributed by atoms with Crippen LogP contribution in [0.2, 0.25) is 0 Å². The minimum Gasteiger partial charge on any atom is -0.480 e. The number of hydrogen-bond donors (Lipinski definition) is 3. The topological polar surface area (TPSA) is 119 Å². The summed E-state index contributed by atoms with van der Waals surface area (Å²) in [4.78, 5) is 30.7. The summed E-state index contributed by atoms with van der Waals surface area (Å²) in [5, 5.41) is 11.0. The third-order valence-corrected chi connectivity index (χ3v) is 1.46. The molecule has 0 aliphatic rings. The number of carbonyl (C=O) groups excluding carboxylic acids is 2. The Kier molecular flexibility index (Phi) is 6.04. The van der Waals surface area contributed by atoms with Crippen LogP contribution in [0, 0.1) is 0 Å². The zero-order valence-electron chi connectivity index (χ0n) is 7.43. The van der Waals surface area contributed by atoms with Gasteiger partial charge in [0.1, 0.15) is 12.8 Å². The SMILES string of the molecule is NC(=O)CC[C@H](NCOC=O)C(=O)O. The summed E-state index contributed by atoms with van der Waals surface area (Å²) in [6.45, 7) is -0.0147. The monoisotopic (exact) mass is 204 g/mol. The molecule has 0 saturated carbocycles. The maximum Gasteiger partial charge on any atom is 0.320 e. The molecule has 0 fully saturated rings. The van der Waals surface area contributed by atoms with Crippen molar-refractivity contribution in [3.05, 3.63) is 0 Å². The first-order chi connectivity index (χ1) is 6.57. The Morgan fingerprint density at radius 1 is 1.57 bits per heavy atom. The molecule has 0 radical (unpaired) electrons. The van der Waals surface area contributed by atoms with Gasteiger partial charge in [-0.25, -0.2) is 0 Å². The van der Waals surface area contributed by atoms with E-state index in [0.29, 0.717) is 0 Å². The summed E-state index contributed by atoms with van der Waals surface area (Å²) in [5.74, 6) is -1.70. The number of carboxylic acid groups (broad SMARTS) is 1. The standard InChI is InChI=1S/C7H12N2O5/c8-6(11)2-1-5(7(12)13)9-3-14-4-10/h4-5,9H,1-3H2,(H2,8,11)(H,12,13)/t5-/m0/s1. The van der Waals surface area contributed by atoms with Crippen molar-refractivity contribution in [1.29, 1.82) is 0 Å². The third kappa shape index (κ3) is 5.95. The summed E-state index contributed by atoms with van der Waals surface area (Å²) in [7, 11) is 0. The van der Waals surface area contributed by atoms with Crippen molar-refractivity contribution in [2.24, 2.45) is 5.73 Å². The molecule has 0 rings (SSSR count). The Hall–Kier alpha value is -1.63. The summed E-state index contributed by atoms with van der Waals surface area (Å²) in [6, 6.07) is -0.942. The Balaban J connectivity index is 3.83. The average molecular weight is 204 g/mol. The summed E-state index contributed by atoms with van der Waals surface area (Å²) in [6.07, 6.45) is 0.0257. The van der Waals surface area contributed by atoms with Gasteiger partial charge in [0.25, 0.3) is 6.47 Å². The molecule has 7 heteroatoms. The summed E-state index contributed by atoms with van der Waals surface area (Å²) < 4.78 is 4.25. The van der Waals surface area contributed by atoms with Crippen LogP contribution >= 0.6 is 0 Å². The molecule has 14 heavy (non-hydrogen) atoms. The van der Waals surface area contributed by atoms with Gasteiger partial charge in [0, 0.05) is 6.42 Å². The number of primary amides is 1. The van der Waals surface area contributed by atoms with Crippen molar-refractivity contribution in [2.45, 2.75) is 18.9 Å². The Labute approximate surface area is 80.2 Å². The molecule has 0 aliphatic heterocycles. The molecule has 0 heterocycles. The van der Waals surface area contributed by atoms with Crippen molar-refractivity contribution in [3.8, 4) is 0 Å². The summed E-state index contributed by atoms with van der Waals surface area (Å²) in [5.41, 5.74) is 4.85. The number of hydrogen-bond acceptors (Lipinski definition) is 5. The normalized spacial score (nSPS) is 11.7. The molecule has 0 bridgehead atoms. The molecule has 0 unspecified atom stereocenters. The lowest BCUT2D eigenvalue weighted by atomic mass is 10.1. The van der Waals surface area contributed by atoms with Crippen LogP contribution < -0.4 is 11.1 Å². The van der Waals surface area contributed by atoms with Gasteiger partial charge in [-0.2, -0.15) is 0 Å². The highest BCUT2D eigenvalue weighted by Gasteiger charge is 2.17. The predicted molar refractivity (Wildman–Crippen MR) is 45.0 cm³/mol. The molecule has 0 aromatic carbocycles. The number of carbonyl (C=O) groups is 3. The van der Waals surface area contributed by atoms with E-state index in [0.717, 1.165) is 0 Å². The lowest BCUT2D eigenvalue weighted by molar-refractivity contribution is -0.141. The van der Waals surface area contributed by atoms with E-state index in [1.54, 1.807) is 0 Å². The molecule has 0 spiro atoms. The molecule has 4 N–H and O–H groups in total. The highest BCUT2D eigenvalue weighted by atomic mass is 16.5. The molecule has 1 amide bonds. The average Bonchev–Trinajstić information content (AvgIpc) is 2.10. The van der Waals surface area contributed by atoms with Gasteiger partial charge in [-0.3, -0.25) is 19.7 Å². The molecule has 0 aliphatic carbocycles.